The molecule has 0 spiro atoms. The first-order valence-corrected chi connectivity index (χ1v) is 7.41. The molecule has 116 valence electrons. The first kappa shape index (κ1) is 17.2. The minimum absolute atomic E-state index is 0.227. The fourth-order valence-electron chi connectivity index (χ4n) is 1.99. The third kappa shape index (κ3) is 4.88. The highest BCUT2D eigenvalue weighted by atomic mass is 16.4. The number of aliphatic carboxylic acids is 1. The molecule has 2 N–H and O–H groups in total. The van der Waals surface area contributed by atoms with Crippen LogP contribution in [0.4, 0.5) is 0 Å². The predicted octanol–water partition coefficient (Wildman–Crippen LogP) is 3.11. The Balaban J connectivity index is 2.55. The molecule has 4 heteroatoms. The van der Waals surface area contributed by atoms with Crippen molar-refractivity contribution in [1.82, 2.24) is 5.32 Å². The van der Waals surface area contributed by atoms with Crippen molar-refractivity contribution in [3.8, 4) is 0 Å². The lowest BCUT2D eigenvalue weighted by Crippen LogP contribution is -2.51. The van der Waals surface area contributed by atoms with Crippen LogP contribution in [0.1, 0.15) is 57.6 Å². The summed E-state index contributed by atoms with van der Waals surface area (Å²) in [7, 11) is 0. The number of hydrogen-bond acceptors (Lipinski definition) is 2. The topological polar surface area (TPSA) is 66.4 Å². The number of nitrogens with one attached hydrogen (secondary N) is 1. The van der Waals surface area contributed by atoms with Crippen molar-refractivity contribution in [3.05, 3.63) is 35.4 Å². The van der Waals surface area contributed by atoms with Gasteiger partial charge >= 0.3 is 5.97 Å². The minimum Gasteiger partial charge on any atom is -0.480 e. The molecular formula is C17H25NO3. The van der Waals surface area contributed by atoms with Crippen LogP contribution in [0, 0.1) is 0 Å². The Morgan fingerprint density at radius 2 is 1.81 bits per heavy atom. The van der Waals surface area contributed by atoms with Crippen LogP contribution in [0.3, 0.4) is 0 Å². The standard InChI is InChI=1S/C17H25NO3/c1-5-17(4,16(20)21)18-15(19)11-8-13-6-9-14(10-7-13)12(2)3/h6-7,9-10,12H,5,8,11H2,1-4H3,(H,18,19)(H,20,21). The van der Waals surface area contributed by atoms with Crippen molar-refractivity contribution >= 4 is 11.9 Å². The van der Waals surface area contributed by atoms with E-state index in [9.17, 15) is 9.59 Å². The molecule has 0 aliphatic carbocycles. The van der Waals surface area contributed by atoms with E-state index in [1.54, 1.807) is 6.92 Å². The van der Waals surface area contributed by atoms with E-state index in [0.29, 0.717) is 25.2 Å². The van der Waals surface area contributed by atoms with E-state index < -0.39 is 11.5 Å². The Kier molecular flexibility index (Phi) is 5.94. The van der Waals surface area contributed by atoms with Gasteiger partial charge in [0.2, 0.25) is 5.91 Å². The summed E-state index contributed by atoms with van der Waals surface area (Å²) in [5.74, 6) is -0.738. The van der Waals surface area contributed by atoms with Gasteiger partial charge in [-0.15, -0.1) is 0 Å². The largest absolute Gasteiger partial charge is 0.480 e. The molecule has 1 unspecified atom stereocenters. The smallest absolute Gasteiger partial charge is 0.329 e. The van der Waals surface area contributed by atoms with Crippen molar-refractivity contribution in [1.29, 1.82) is 0 Å². The van der Waals surface area contributed by atoms with E-state index in [1.807, 2.05) is 12.1 Å². The van der Waals surface area contributed by atoms with Gasteiger partial charge in [-0.1, -0.05) is 45.0 Å². The lowest BCUT2D eigenvalue weighted by atomic mass is 9.98. The van der Waals surface area contributed by atoms with Crippen LogP contribution in [0.5, 0.6) is 0 Å². The number of carbonyl (C=O) groups excluding carboxylic acids is 1. The van der Waals surface area contributed by atoms with E-state index >= 15 is 0 Å². The Bertz CT molecular complexity index is 493. The molecule has 0 fully saturated rings. The SMILES string of the molecule is CCC(C)(NC(=O)CCc1ccc(C(C)C)cc1)C(=O)O. The third-order valence-corrected chi connectivity index (χ3v) is 3.88. The Hall–Kier alpha value is -1.84. The van der Waals surface area contributed by atoms with Crippen molar-refractivity contribution in [3.63, 3.8) is 0 Å². The molecule has 1 atom stereocenters. The van der Waals surface area contributed by atoms with Crippen LogP contribution in [0.15, 0.2) is 24.3 Å². The molecule has 21 heavy (non-hydrogen) atoms. The van der Waals surface area contributed by atoms with Gasteiger partial charge in [0.05, 0.1) is 0 Å². The molecule has 0 heterocycles. The molecule has 1 aromatic carbocycles. The molecular weight excluding hydrogens is 266 g/mol. The molecule has 0 saturated heterocycles. The van der Waals surface area contributed by atoms with E-state index in [0.717, 1.165) is 5.56 Å². The Morgan fingerprint density at radius 1 is 1.24 bits per heavy atom. The highest BCUT2D eigenvalue weighted by molar-refractivity contribution is 5.86. The van der Waals surface area contributed by atoms with Crippen LogP contribution in [0.2, 0.25) is 0 Å². The number of carbonyl (C=O) groups is 2. The number of amides is 1. The van der Waals surface area contributed by atoms with Crippen molar-refractivity contribution in [2.24, 2.45) is 0 Å². The van der Waals surface area contributed by atoms with Gasteiger partial charge in [-0.2, -0.15) is 0 Å². The summed E-state index contributed by atoms with van der Waals surface area (Å²) in [6.07, 6.45) is 1.27. The maximum Gasteiger partial charge on any atom is 0.329 e. The summed E-state index contributed by atoms with van der Waals surface area (Å²) in [4.78, 5) is 23.0. The Labute approximate surface area is 126 Å². The molecule has 0 radical (unpaired) electrons. The number of aryl methyl sites for hydroxylation is 1. The second-order valence-electron chi connectivity index (χ2n) is 5.94. The number of carboxylic acids is 1. The monoisotopic (exact) mass is 291 g/mol. The molecule has 0 bridgehead atoms. The summed E-state index contributed by atoms with van der Waals surface area (Å²) in [6, 6.07) is 8.20. The number of benzene rings is 1. The lowest BCUT2D eigenvalue weighted by molar-refractivity contribution is -0.147. The van der Waals surface area contributed by atoms with Crippen LogP contribution < -0.4 is 5.32 Å². The number of rotatable bonds is 7. The van der Waals surface area contributed by atoms with E-state index in [2.05, 4.69) is 31.3 Å². The lowest BCUT2D eigenvalue weighted by Gasteiger charge is -2.24. The average Bonchev–Trinajstić information content (AvgIpc) is 2.45. The van der Waals surface area contributed by atoms with Gasteiger partial charge in [0.1, 0.15) is 5.54 Å². The quantitative estimate of drug-likeness (QED) is 0.811. The Morgan fingerprint density at radius 3 is 2.24 bits per heavy atom. The number of hydrogen-bond donors (Lipinski definition) is 2. The molecule has 0 aromatic heterocycles. The summed E-state index contributed by atoms with van der Waals surface area (Å²) in [5, 5.41) is 11.7. The second-order valence-corrected chi connectivity index (χ2v) is 5.94. The van der Waals surface area contributed by atoms with E-state index in [-0.39, 0.29) is 5.91 Å². The molecule has 0 aliphatic rings. The van der Waals surface area contributed by atoms with Gasteiger partial charge in [0.25, 0.3) is 0 Å². The molecule has 1 aromatic rings. The van der Waals surface area contributed by atoms with Crippen molar-refractivity contribution in [2.45, 2.75) is 58.4 Å². The maximum absolute atomic E-state index is 11.9. The van der Waals surface area contributed by atoms with Crippen LogP contribution in [-0.2, 0) is 16.0 Å². The highest BCUT2D eigenvalue weighted by Gasteiger charge is 2.32. The second kappa shape index (κ2) is 7.25. The van der Waals surface area contributed by atoms with Gasteiger partial charge < -0.3 is 10.4 Å². The minimum atomic E-state index is -1.18. The molecule has 0 saturated carbocycles. The molecule has 1 amide bonds. The first-order valence-electron chi connectivity index (χ1n) is 7.41. The predicted molar refractivity (Wildman–Crippen MR) is 83.3 cm³/mol. The summed E-state index contributed by atoms with van der Waals surface area (Å²) in [6.45, 7) is 7.56. The maximum atomic E-state index is 11.9. The van der Waals surface area contributed by atoms with Gasteiger partial charge in [0, 0.05) is 6.42 Å². The fraction of sp³-hybridized carbons (Fsp3) is 0.529. The van der Waals surface area contributed by atoms with E-state index in [1.165, 1.54) is 12.5 Å². The molecule has 1 rings (SSSR count). The molecule has 0 aliphatic heterocycles. The van der Waals surface area contributed by atoms with Gasteiger partial charge in [-0.05, 0) is 36.8 Å². The normalized spacial score (nSPS) is 13.8. The van der Waals surface area contributed by atoms with Gasteiger partial charge in [-0.25, -0.2) is 4.79 Å². The zero-order chi connectivity index (χ0) is 16.0. The van der Waals surface area contributed by atoms with Gasteiger partial charge in [-0.3, -0.25) is 4.79 Å². The number of carboxylic acid groups (broad SMARTS) is 1. The fourth-order valence-corrected chi connectivity index (χ4v) is 1.99. The third-order valence-electron chi connectivity index (χ3n) is 3.88. The van der Waals surface area contributed by atoms with Crippen molar-refractivity contribution < 1.29 is 14.7 Å². The molecule has 4 nitrogen and oxygen atoms in total. The summed E-state index contributed by atoms with van der Waals surface area (Å²) >= 11 is 0. The first-order chi connectivity index (χ1) is 9.78. The van der Waals surface area contributed by atoms with Gasteiger partial charge in [0.15, 0.2) is 0 Å². The van der Waals surface area contributed by atoms with E-state index in [4.69, 9.17) is 5.11 Å². The van der Waals surface area contributed by atoms with Crippen LogP contribution in [0.25, 0.3) is 0 Å². The summed E-state index contributed by atoms with van der Waals surface area (Å²) < 4.78 is 0. The highest BCUT2D eigenvalue weighted by Crippen LogP contribution is 2.16. The van der Waals surface area contributed by atoms with Crippen molar-refractivity contribution in [2.75, 3.05) is 0 Å². The average molecular weight is 291 g/mol. The zero-order valence-electron chi connectivity index (χ0n) is 13.3. The van der Waals surface area contributed by atoms with Crippen LogP contribution in [-0.4, -0.2) is 22.5 Å². The zero-order valence-corrected chi connectivity index (χ0v) is 13.3. The van der Waals surface area contributed by atoms with Crippen LogP contribution >= 0.6 is 0 Å². The summed E-state index contributed by atoms with van der Waals surface area (Å²) in [5.41, 5.74) is 1.18.